The zero-order valence-corrected chi connectivity index (χ0v) is 8.81. The van der Waals surface area contributed by atoms with Crippen molar-refractivity contribution in [3.63, 3.8) is 0 Å². The van der Waals surface area contributed by atoms with Gasteiger partial charge in [-0.2, -0.15) is 5.10 Å². The number of nitrogen functional groups attached to an aromatic ring is 1. The Bertz CT molecular complexity index is 447. The van der Waals surface area contributed by atoms with E-state index in [9.17, 15) is 0 Å². The lowest BCUT2D eigenvalue weighted by Crippen LogP contribution is -1.86. The Morgan fingerprint density at radius 2 is 2.36 bits per heavy atom. The highest BCUT2D eigenvalue weighted by Crippen LogP contribution is 2.36. The largest absolute Gasteiger partial charge is 0.495 e. The molecule has 0 bridgehead atoms. The zero-order valence-electron chi connectivity index (χ0n) is 8.00. The van der Waals surface area contributed by atoms with E-state index in [0.717, 1.165) is 21.9 Å². The van der Waals surface area contributed by atoms with Gasteiger partial charge in [0, 0.05) is 5.56 Å². The molecule has 14 heavy (non-hydrogen) atoms. The Balaban J connectivity index is 2.54. The van der Waals surface area contributed by atoms with E-state index in [2.05, 4.69) is 10.2 Å². The van der Waals surface area contributed by atoms with Crippen molar-refractivity contribution >= 4 is 17.2 Å². The van der Waals surface area contributed by atoms with Crippen molar-refractivity contribution < 1.29 is 4.74 Å². The summed E-state index contributed by atoms with van der Waals surface area (Å²) in [7, 11) is 1.65. The number of thiophene rings is 1. The van der Waals surface area contributed by atoms with E-state index < -0.39 is 0 Å². The lowest BCUT2D eigenvalue weighted by Gasteiger charge is -2.00. The zero-order chi connectivity index (χ0) is 10.1. The predicted molar refractivity (Wildman–Crippen MR) is 57.6 cm³/mol. The highest BCUT2D eigenvalue weighted by atomic mass is 32.1. The van der Waals surface area contributed by atoms with Crippen LogP contribution < -0.4 is 10.5 Å². The number of nitrogens with two attached hydrogens (primary N) is 1. The fourth-order valence-corrected chi connectivity index (χ4v) is 2.19. The number of anilines is 1. The van der Waals surface area contributed by atoms with Crippen LogP contribution >= 0.6 is 11.3 Å². The summed E-state index contributed by atoms with van der Waals surface area (Å²) in [6.07, 6.45) is 0. The lowest BCUT2D eigenvalue weighted by molar-refractivity contribution is 0.418. The van der Waals surface area contributed by atoms with Crippen LogP contribution in [0, 0.1) is 6.92 Å². The van der Waals surface area contributed by atoms with Crippen molar-refractivity contribution in [1.29, 1.82) is 0 Å². The molecule has 4 nitrogen and oxygen atoms in total. The molecular weight excluding hydrogens is 198 g/mol. The number of aromatic nitrogens is 2. The van der Waals surface area contributed by atoms with Crippen LogP contribution in [0.2, 0.25) is 0 Å². The quantitative estimate of drug-likeness (QED) is 0.795. The number of methoxy groups -OCH3 is 1. The van der Waals surface area contributed by atoms with Gasteiger partial charge in [-0.05, 0) is 18.4 Å². The second-order valence-corrected chi connectivity index (χ2v) is 3.84. The molecule has 0 fully saturated rings. The van der Waals surface area contributed by atoms with Gasteiger partial charge < -0.3 is 10.5 Å². The van der Waals surface area contributed by atoms with Crippen LogP contribution in [0.1, 0.15) is 5.56 Å². The predicted octanol–water partition coefficient (Wildman–Crippen LogP) is 2.04. The second kappa shape index (κ2) is 3.34. The smallest absolute Gasteiger partial charge is 0.148 e. The molecule has 0 aliphatic rings. The van der Waals surface area contributed by atoms with Gasteiger partial charge in [0.25, 0.3) is 0 Å². The summed E-state index contributed by atoms with van der Waals surface area (Å²) in [6, 6.07) is 1.93. The van der Waals surface area contributed by atoms with Crippen LogP contribution in [0.5, 0.6) is 5.75 Å². The third-order valence-electron chi connectivity index (χ3n) is 2.12. The second-order valence-electron chi connectivity index (χ2n) is 2.93. The van der Waals surface area contributed by atoms with E-state index >= 15 is 0 Å². The summed E-state index contributed by atoms with van der Waals surface area (Å²) >= 11 is 1.60. The number of aromatic amines is 1. The molecule has 0 radical (unpaired) electrons. The third kappa shape index (κ3) is 1.26. The maximum Gasteiger partial charge on any atom is 0.148 e. The lowest BCUT2D eigenvalue weighted by atomic mass is 10.2. The van der Waals surface area contributed by atoms with Crippen molar-refractivity contribution in [3.8, 4) is 16.3 Å². The highest BCUT2D eigenvalue weighted by Gasteiger charge is 2.13. The van der Waals surface area contributed by atoms with E-state index in [1.54, 1.807) is 18.4 Å². The molecule has 0 aliphatic heterocycles. The first-order valence-electron chi connectivity index (χ1n) is 4.16. The van der Waals surface area contributed by atoms with Gasteiger partial charge in [-0.3, -0.25) is 5.10 Å². The van der Waals surface area contributed by atoms with E-state index in [1.807, 2.05) is 18.4 Å². The number of rotatable bonds is 2. The van der Waals surface area contributed by atoms with Gasteiger partial charge in [-0.25, -0.2) is 0 Å². The minimum absolute atomic E-state index is 0.537. The molecule has 5 heteroatoms. The summed E-state index contributed by atoms with van der Waals surface area (Å²) < 4.78 is 5.23. The molecule has 3 N–H and O–H groups in total. The number of hydrogen-bond donors (Lipinski definition) is 2. The fourth-order valence-electron chi connectivity index (χ4n) is 1.27. The first kappa shape index (κ1) is 9.08. The SMILES string of the molecule is COc1ccsc1-c1[nH]nc(N)c1C. The number of H-pyrrole nitrogens is 1. The Kier molecular flexibility index (Phi) is 2.17. The molecule has 2 rings (SSSR count). The average Bonchev–Trinajstić information content (AvgIpc) is 2.75. The van der Waals surface area contributed by atoms with Crippen molar-refractivity contribution in [2.45, 2.75) is 6.92 Å². The van der Waals surface area contributed by atoms with Gasteiger partial charge in [0.2, 0.25) is 0 Å². The summed E-state index contributed by atoms with van der Waals surface area (Å²) in [5.41, 5.74) is 7.56. The molecule has 2 aromatic rings. The molecule has 74 valence electrons. The maximum atomic E-state index is 5.66. The van der Waals surface area contributed by atoms with Crippen LogP contribution in [-0.4, -0.2) is 17.3 Å². The first-order valence-corrected chi connectivity index (χ1v) is 5.04. The van der Waals surface area contributed by atoms with Gasteiger partial charge in [0.1, 0.15) is 11.6 Å². The van der Waals surface area contributed by atoms with Gasteiger partial charge in [0.15, 0.2) is 0 Å². The maximum absolute atomic E-state index is 5.66. The number of hydrogen-bond acceptors (Lipinski definition) is 4. The Labute approximate surface area is 85.7 Å². The molecule has 0 amide bonds. The fraction of sp³-hybridized carbons (Fsp3) is 0.222. The van der Waals surface area contributed by atoms with Crippen molar-refractivity contribution in [2.75, 3.05) is 12.8 Å². The number of nitrogens with one attached hydrogen (secondary N) is 1. The van der Waals surface area contributed by atoms with Crippen molar-refractivity contribution in [3.05, 3.63) is 17.0 Å². The molecule has 0 saturated heterocycles. The van der Waals surface area contributed by atoms with E-state index in [4.69, 9.17) is 10.5 Å². The molecular formula is C9H11N3OS. The molecule has 2 aromatic heterocycles. The summed E-state index contributed by atoms with van der Waals surface area (Å²) in [4.78, 5) is 1.04. The Morgan fingerprint density at radius 3 is 2.93 bits per heavy atom. The van der Waals surface area contributed by atoms with Crippen LogP contribution in [0.25, 0.3) is 10.6 Å². The van der Waals surface area contributed by atoms with E-state index in [-0.39, 0.29) is 0 Å². The third-order valence-corrected chi connectivity index (χ3v) is 3.04. The van der Waals surface area contributed by atoms with Crippen molar-refractivity contribution in [2.24, 2.45) is 0 Å². The molecule has 0 unspecified atom stereocenters. The Hall–Kier alpha value is -1.49. The van der Waals surface area contributed by atoms with Crippen LogP contribution in [0.4, 0.5) is 5.82 Å². The molecule has 0 saturated carbocycles. The number of nitrogens with zero attached hydrogens (tertiary/aromatic N) is 1. The summed E-state index contributed by atoms with van der Waals surface area (Å²) in [5, 5.41) is 8.83. The standard InChI is InChI=1S/C9H11N3OS/c1-5-7(11-12-9(5)10)8-6(13-2)3-4-14-8/h3-4H,1-2H3,(H3,10,11,12). The van der Waals surface area contributed by atoms with Gasteiger partial charge in [0.05, 0.1) is 17.7 Å². The monoisotopic (exact) mass is 209 g/mol. The molecule has 0 aliphatic carbocycles. The average molecular weight is 209 g/mol. The molecule has 0 spiro atoms. The molecule has 0 aromatic carbocycles. The van der Waals surface area contributed by atoms with Gasteiger partial charge in [-0.1, -0.05) is 0 Å². The highest BCUT2D eigenvalue weighted by molar-refractivity contribution is 7.14. The van der Waals surface area contributed by atoms with E-state index in [1.165, 1.54) is 0 Å². The van der Waals surface area contributed by atoms with Crippen LogP contribution in [0.3, 0.4) is 0 Å². The van der Waals surface area contributed by atoms with E-state index in [0.29, 0.717) is 5.82 Å². The summed E-state index contributed by atoms with van der Waals surface area (Å²) in [6.45, 7) is 1.94. The number of ether oxygens (including phenoxy) is 1. The topological polar surface area (TPSA) is 63.9 Å². The minimum Gasteiger partial charge on any atom is -0.495 e. The Morgan fingerprint density at radius 1 is 1.57 bits per heavy atom. The summed E-state index contributed by atoms with van der Waals surface area (Å²) in [5.74, 6) is 1.39. The minimum atomic E-state index is 0.537. The normalized spacial score (nSPS) is 10.4. The molecule has 0 atom stereocenters. The molecule has 2 heterocycles. The van der Waals surface area contributed by atoms with Crippen LogP contribution in [-0.2, 0) is 0 Å². The van der Waals surface area contributed by atoms with Crippen LogP contribution in [0.15, 0.2) is 11.4 Å². The van der Waals surface area contributed by atoms with Gasteiger partial charge >= 0.3 is 0 Å². The van der Waals surface area contributed by atoms with Crippen molar-refractivity contribution in [1.82, 2.24) is 10.2 Å². The van der Waals surface area contributed by atoms with Gasteiger partial charge in [-0.15, -0.1) is 11.3 Å². The first-order chi connectivity index (χ1) is 6.74.